The highest BCUT2D eigenvalue weighted by Gasteiger charge is 2.25. The van der Waals surface area contributed by atoms with E-state index in [1.165, 1.54) is 17.7 Å². The van der Waals surface area contributed by atoms with Crippen molar-refractivity contribution in [2.24, 2.45) is 0 Å². The molecule has 1 aliphatic heterocycles. The normalized spacial score (nSPS) is 14.8. The topological polar surface area (TPSA) is 95.2 Å². The van der Waals surface area contributed by atoms with Crippen LogP contribution in [0.3, 0.4) is 0 Å². The molecule has 27 heavy (non-hydrogen) atoms. The van der Waals surface area contributed by atoms with Crippen LogP contribution in [0.2, 0.25) is 0 Å². The Balaban J connectivity index is 1.42. The van der Waals surface area contributed by atoms with Crippen LogP contribution in [0.4, 0.5) is 0 Å². The van der Waals surface area contributed by atoms with E-state index in [1.54, 1.807) is 4.90 Å². The van der Waals surface area contributed by atoms with Crippen LogP contribution in [0.1, 0.15) is 40.9 Å². The van der Waals surface area contributed by atoms with E-state index in [4.69, 9.17) is 0 Å². The van der Waals surface area contributed by atoms with Crippen molar-refractivity contribution >= 4 is 11.8 Å². The number of amides is 2. The van der Waals surface area contributed by atoms with Gasteiger partial charge in [-0.3, -0.25) is 14.4 Å². The average Bonchev–Trinajstić information content (AvgIpc) is 2.68. The summed E-state index contributed by atoms with van der Waals surface area (Å²) in [5.41, 5.74) is 2.26. The van der Waals surface area contributed by atoms with Crippen molar-refractivity contribution in [2.75, 3.05) is 13.1 Å². The third-order valence-electron chi connectivity index (χ3n) is 4.81. The number of rotatable bonds is 5. The van der Waals surface area contributed by atoms with Crippen LogP contribution in [0, 0.1) is 6.92 Å². The molecule has 7 heteroatoms. The second-order valence-electron chi connectivity index (χ2n) is 6.93. The first-order valence-electron chi connectivity index (χ1n) is 9.21. The molecular weight excluding hydrogens is 344 g/mol. The standard InChI is InChI=1S/C20H24N4O3/c1-14-2-4-15(5-3-14)6-8-18(25)21-16-10-12-24(13-11-16)20(27)17-7-9-19(26)23-22-17/h2-5,7,9,16H,6,8,10-13H2,1H3,(H,21,25)(H,23,26). The second-order valence-corrected chi connectivity index (χ2v) is 6.93. The van der Waals surface area contributed by atoms with Crippen molar-refractivity contribution in [3.05, 3.63) is 63.6 Å². The minimum Gasteiger partial charge on any atom is -0.353 e. The monoisotopic (exact) mass is 368 g/mol. The molecule has 2 N–H and O–H groups in total. The Labute approximate surface area is 157 Å². The fourth-order valence-corrected chi connectivity index (χ4v) is 3.16. The molecule has 1 aromatic heterocycles. The van der Waals surface area contributed by atoms with Crippen molar-refractivity contribution < 1.29 is 9.59 Å². The van der Waals surface area contributed by atoms with Crippen LogP contribution >= 0.6 is 0 Å². The number of H-pyrrole nitrogens is 1. The zero-order chi connectivity index (χ0) is 19.2. The van der Waals surface area contributed by atoms with E-state index in [0.717, 1.165) is 12.0 Å². The summed E-state index contributed by atoms with van der Waals surface area (Å²) >= 11 is 0. The molecule has 0 aliphatic carbocycles. The van der Waals surface area contributed by atoms with Crippen LogP contribution < -0.4 is 10.9 Å². The maximum atomic E-state index is 12.4. The Morgan fingerprint density at radius 1 is 1.15 bits per heavy atom. The van der Waals surface area contributed by atoms with Crippen molar-refractivity contribution in [3.8, 4) is 0 Å². The SMILES string of the molecule is Cc1ccc(CCC(=O)NC2CCN(C(=O)c3ccc(=O)[nH]n3)CC2)cc1. The molecule has 2 aromatic rings. The molecule has 1 saturated heterocycles. The number of piperidine rings is 1. The van der Waals surface area contributed by atoms with Gasteiger partial charge in [0, 0.05) is 31.6 Å². The summed E-state index contributed by atoms with van der Waals surface area (Å²) in [5.74, 6) is -0.155. The quantitative estimate of drug-likeness (QED) is 0.835. The smallest absolute Gasteiger partial charge is 0.274 e. The van der Waals surface area contributed by atoms with Gasteiger partial charge in [-0.2, -0.15) is 5.10 Å². The fraction of sp³-hybridized carbons (Fsp3) is 0.400. The molecule has 1 fully saturated rings. The summed E-state index contributed by atoms with van der Waals surface area (Å²) in [5, 5.41) is 9.12. The van der Waals surface area contributed by atoms with E-state index in [1.807, 2.05) is 6.92 Å². The van der Waals surface area contributed by atoms with E-state index in [9.17, 15) is 14.4 Å². The van der Waals surface area contributed by atoms with Crippen LogP contribution in [0.5, 0.6) is 0 Å². The van der Waals surface area contributed by atoms with Gasteiger partial charge in [-0.25, -0.2) is 5.10 Å². The van der Waals surface area contributed by atoms with Gasteiger partial charge in [0.1, 0.15) is 5.69 Å². The van der Waals surface area contributed by atoms with Gasteiger partial charge in [-0.05, 0) is 37.8 Å². The van der Waals surface area contributed by atoms with E-state index in [0.29, 0.717) is 32.4 Å². The number of benzene rings is 1. The first-order chi connectivity index (χ1) is 13.0. The number of hydrogen-bond donors (Lipinski definition) is 2. The van der Waals surface area contributed by atoms with E-state index in [-0.39, 0.29) is 29.1 Å². The Hall–Kier alpha value is -2.96. The predicted molar refractivity (Wildman–Crippen MR) is 101 cm³/mol. The second kappa shape index (κ2) is 8.62. The maximum absolute atomic E-state index is 12.4. The molecule has 2 heterocycles. The molecule has 1 aromatic carbocycles. The minimum absolute atomic E-state index is 0.0441. The summed E-state index contributed by atoms with van der Waals surface area (Å²) in [4.78, 5) is 37.3. The van der Waals surface area contributed by atoms with Crippen molar-refractivity contribution in [3.63, 3.8) is 0 Å². The van der Waals surface area contributed by atoms with Crippen LogP contribution in [0.25, 0.3) is 0 Å². The predicted octanol–water partition coefficient (Wildman–Crippen LogP) is 1.43. The lowest BCUT2D eigenvalue weighted by atomic mass is 10.0. The molecule has 2 amide bonds. The van der Waals surface area contributed by atoms with Crippen molar-refractivity contribution in [1.29, 1.82) is 0 Å². The zero-order valence-corrected chi connectivity index (χ0v) is 15.4. The van der Waals surface area contributed by atoms with Gasteiger partial charge in [0.25, 0.3) is 11.5 Å². The van der Waals surface area contributed by atoms with Gasteiger partial charge in [0.15, 0.2) is 0 Å². The molecule has 7 nitrogen and oxygen atoms in total. The summed E-state index contributed by atoms with van der Waals surface area (Å²) < 4.78 is 0. The van der Waals surface area contributed by atoms with Crippen molar-refractivity contribution in [1.82, 2.24) is 20.4 Å². The lowest BCUT2D eigenvalue weighted by Crippen LogP contribution is -2.46. The molecule has 0 saturated carbocycles. The van der Waals surface area contributed by atoms with Gasteiger partial charge in [0.2, 0.25) is 5.91 Å². The van der Waals surface area contributed by atoms with E-state index >= 15 is 0 Å². The Bertz CT molecular complexity index is 832. The highest BCUT2D eigenvalue weighted by molar-refractivity contribution is 5.92. The third-order valence-corrected chi connectivity index (χ3v) is 4.81. The number of likely N-dealkylation sites (tertiary alicyclic amines) is 1. The third kappa shape index (κ3) is 5.26. The Morgan fingerprint density at radius 2 is 1.85 bits per heavy atom. The first kappa shape index (κ1) is 18.8. The fourth-order valence-electron chi connectivity index (χ4n) is 3.16. The number of carbonyl (C=O) groups is 2. The summed E-state index contributed by atoms with van der Waals surface area (Å²) in [6.07, 6.45) is 2.61. The highest BCUT2D eigenvalue weighted by Crippen LogP contribution is 2.13. The highest BCUT2D eigenvalue weighted by atomic mass is 16.2. The number of aromatic amines is 1. The van der Waals surface area contributed by atoms with E-state index < -0.39 is 0 Å². The maximum Gasteiger partial charge on any atom is 0.274 e. The molecule has 0 unspecified atom stereocenters. The number of aryl methyl sites for hydroxylation is 2. The number of aromatic nitrogens is 2. The van der Waals surface area contributed by atoms with E-state index in [2.05, 4.69) is 39.8 Å². The Morgan fingerprint density at radius 3 is 2.48 bits per heavy atom. The summed E-state index contributed by atoms with van der Waals surface area (Å²) in [6.45, 7) is 3.16. The molecular formula is C20H24N4O3. The van der Waals surface area contributed by atoms with Gasteiger partial charge in [0.05, 0.1) is 0 Å². The molecule has 1 aliphatic rings. The zero-order valence-electron chi connectivity index (χ0n) is 15.4. The summed E-state index contributed by atoms with van der Waals surface area (Å²) in [6, 6.07) is 11.0. The summed E-state index contributed by atoms with van der Waals surface area (Å²) in [7, 11) is 0. The Kier molecular flexibility index (Phi) is 6.01. The number of carbonyl (C=O) groups excluding carboxylic acids is 2. The molecule has 0 radical (unpaired) electrons. The lowest BCUT2D eigenvalue weighted by Gasteiger charge is -2.32. The van der Waals surface area contributed by atoms with Gasteiger partial charge in [-0.1, -0.05) is 29.8 Å². The number of nitrogens with one attached hydrogen (secondary N) is 2. The average molecular weight is 368 g/mol. The minimum atomic E-state index is -0.335. The van der Waals surface area contributed by atoms with Crippen LogP contribution in [0.15, 0.2) is 41.2 Å². The van der Waals surface area contributed by atoms with Gasteiger partial charge >= 0.3 is 0 Å². The largest absolute Gasteiger partial charge is 0.353 e. The lowest BCUT2D eigenvalue weighted by molar-refractivity contribution is -0.122. The van der Waals surface area contributed by atoms with Crippen LogP contribution in [-0.2, 0) is 11.2 Å². The number of hydrogen-bond acceptors (Lipinski definition) is 4. The first-order valence-corrected chi connectivity index (χ1v) is 9.21. The van der Waals surface area contributed by atoms with Gasteiger partial charge in [-0.15, -0.1) is 0 Å². The molecule has 3 rings (SSSR count). The molecule has 0 spiro atoms. The van der Waals surface area contributed by atoms with Crippen molar-refractivity contribution in [2.45, 2.75) is 38.6 Å². The molecule has 142 valence electrons. The van der Waals surface area contributed by atoms with Crippen LogP contribution in [-0.4, -0.2) is 46.0 Å². The molecule has 0 atom stereocenters. The number of nitrogens with zero attached hydrogens (tertiary/aromatic N) is 2. The molecule has 0 bridgehead atoms. The van der Waals surface area contributed by atoms with Gasteiger partial charge < -0.3 is 10.2 Å².